The summed E-state index contributed by atoms with van der Waals surface area (Å²) in [4.78, 5) is 14.2. The number of benzene rings is 1. The quantitative estimate of drug-likeness (QED) is 0.902. The Labute approximate surface area is 144 Å². The van der Waals surface area contributed by atoms with Crippen LogP contribution in [0.3, 0.4) is 0 Å². The summed E-state index contributed by atoms with van der Waals surface area (Å²) in [6, 6.07) is 8.54. The zero-order valence-corrected chi connectivity index (χ0v) is 13.9. The predicted molar refractivity (Wildman–Crippen MR) is 91.5 cm³/mol. The fourth-order valence-electron chi connectivity index (χ4n) is 2.50. The zero-order chi connectivity index (χ0) is 16.2. The molecule has 0 saturated carbocycles. The van der Waals surface area contributed by atoms with Crippen LogP contribution in [0.4, 0.5) is 11.5 Å². The third-order valence-corrected chi connectivity index (χ3v) is 4.27. The number of anilines is 2. The highest BCUT2D eigenvalue weighted by Crippen LogP contribution is 2.27. The van der Waals surface area contributed by atoms with Crippen molar-refractivity contribution in [2.45, 2.75) is 19.3 Å². The van der Waals surface area contributed by atoms with Crippen LogP contribution in [0.1, 0.15) is 29.8 Å². The number of nitrogens with one attached hydrogen (secondary N) is 1. The second-order valence-corrected chi connectivity index (χ2v) is 6.25. The molecule has 2 heterocycles. The summed E-state index contributed by atoms with van der Waals surface area (Å²) in [5, 5.41) is 12.2. The van der Waals surface area contributed by atoms with E-state index in [4.69, 9.17) is 23.2 Å². The number of carbonyl (C=O) groups excluding carboxylic acids is 1. The third kappa shape index (κ3) is 3.92. The van der Waals surface area contributed by atoms with Gasteiger partial charge in [-0.15, -0.1) is 10.2 Å². The molecule has 0 spiro atoms. The van der Waals surface area contributed by atoms with Gasteiger partial charge < -0.3 is 10.2 Å². The maximum Gasteiger partial charge on any atom is 0.274 e. The fourth-order valence-corrected chi connectivity index (χ4v) is 2.96. The monoisotopic (exact) mass is 350 g/mol. The number of hydrogen-bond acceptors (Lipinski definition) is 4. The molecule has 0 unspecified atom stereocenters. The smallest absolute Gasteiger partial charge is 0.274 e. The molecule has 1 fully saturated rings. The molecule has 0 aliphatic carbocycles. The zero-order valence-electron chi connectivity index (χ0n) is 12.4. The number of aromatic nitrogens is 2. The molecule has 1 amide bonds. The van der Waals surface area contributed by atoms with Gasteiger partial charge in [0.25, 0.3) is 5.91 Å². The van der Waals surface area contributed by atoms with Gasteiger partial charge in [-0.05, 0) is 49.6 Å². The minimum absolute atomic E-state index is 0.0618. The van der Waals surface area contributed by atoms with Crippen molar-refractivity contribution >= 4 is 40.6 Å². The highest BCUT2D eigenvalue weighted by Gasteiger charge is 2.19. The van der Waals surface area contributed by atoms with E-state index in [1.54, 1.807) is 30.3 Å². The van der Waals surface area contributed by atoms with E-state index in [0.717, 1.165) is 25.9 Å². The van der Waals surface area contributed by atoms with Gasteiger partial charge in [-0.1, -0.05) is 23.2 Å². The van der Waals surface area contributed by atoms with Crippen LogP contribution in [0.15, 0.2) is 30.3 Å². The molecule has 3 rings (SSSR count). The third-order valence-electron chi connectivity index (χ3n) is 3.72. The molecule has 23 heavy (non-hydrogen) atoms. The van der Waals surface area contributed by atoms with Gasteiger partial charge in [-0.3, -0.25) is 4.79 Å². The Kier molecular flexibility index (Phi) is 4.98. The van der Waals surface area contributed by atoms with Crippen molar-refractivity contribution in [3.05, 3.63) is 46.1 Å². The van der Waals surface area contributed by atoms with Gasteiger partial charge in [0.2, 0.25) is 0 Å². The summed E-state index contributed by atoms with van der Waals surface area (Å²) in [5.74, 6) is 0.456. The van der Waals surface area contributed by atoms with Crippen LogP contribution in [0.5, 0.6) is 0 Å². The summed E-state index contributed by atoms with van der Waals surface area (Å²) < 4.78 is 0. The van der Waals surface area contributed by atoms with E-state index >= 15 is 0 Å². The van der Waals surface area contributed by atoms with Crippen molar-refractivity contribution in [2.24, 2.45) is 0 Å². The van der Waals surface area contributed by atoms with Crippen molar-refractivity contribution in [3.8, 4) is 0 Å². The van der Waals surface area contributed by atoms with Gasteiger partial charge in [0.05, 0.1) is 10.7 Å². The highest BCUT2D eigenvalue weighted by atomic mass is 35.5. The van der Waals surface area contributed by atoms with E-state index in [9.17, 15) is 4.79 Å². The summed E-state index contributed by atoms with van der Waals surface area (Å²) in [5.41, 5.74) is 1.04. The molecular formula is C16H16Cl2N4O. The molecule has 5 nitrogen and oxygen atoms in total. The maximum atomic E-state index is 12.3. The summed E-state index contributed by atoms with van der Waals surface area (Å²) in [7, 11) is 0. The first-order valence-electron chi connectivity index (χ1n) is 7.48. The van der Waals surface area contributed by atoms with Gasteiger partial charge in [0.15, 0.2) is 11.5 Å². The number of carbonyl (C=O) groups is 1. The van der Waals surface area contributed by atoms with Crippen molar-refractivity contribution in [1.82, 2.24) is 15.1 Å². The van der Waals surface area contributed by atoms with Crippen LogP contribution < -0.4 is 5.32 Å². The van der Waals surface area contributed by atoms with Crippen LogP contribution in [0, 0.1) is 0 Å². The van der Waals surface area contributed by atoms with Gasteiger partial charge in [-0.25, -0.2) is 0 Å². The molecule has 0 atom stereocenters. The topological polar surface area (TPSA) is 58.1 Å². The van der Waals surface area contributed by atoms with Crippen LogP contribution in [-0.2, 0) is 0 Å². The molecule has 1 aromatic carbocycles. The Morgan fingerprint density at radius 3 is 2.48 bits per heavy atom. The normalized spacial score (nSPS) is 14.6. The summed E-state index contributed by atoms with van der Waals surface area (Å²) >= 11 is 12.0. The van der Waals surface area contributed by atoms with E-state index in [1.807, 2.05) is 4.90 Å². The molecule has 7 heteroatoms. The van der Waals surface area contributed by atoms with Gasteiger partial charge in [-0.2, -0.15) is 0 Å². The lowest BCUT2D eigenvalue weighted by Gasteiger charge is -2.26. The van der Waals surface area contributed by atoms with Crippen LogP contribution in [0.2, 0.25) is 10.0 Å². The Hall–Kier alpha value is -1.85. The Morgan fingerprint density at radius 1 is 1.04 bits per heavy atom. The Bertz CT molecular complexity index is 700. The first-order valence-corrected chi connectivity index (χ1v) is 8.24. The van der Waals surface area contributed by atoms with Crippen molar-refractivity contribution < 1.29 is 4.79 Å². The van der Waals surface area contributed by atoms with E-state index < -0.39 is 0 Å². The molecule has 0 bridgehead atoms. The van der Waals surface area contributed by atoms with Crippen LogP contribution in [-0.4, -0.2) is 34.1 Å². The molecule has 1 aromatic heterocycles. The molecule has 1 aliphatic rings. The van der Waals surface area contributed by atoms with E-state index in [0.29, 0.717) is 27.2 Å². The lowest BCUT2D eigenvalue weighted by atomic mass is 10.1. The molecule has 1 saturated heterocycles. The molecule has 2 aromatic rings. The van der Waals surface area contributed by atoms with Gasteiger partial charge in [0.1, 0.15) is 0 Å². The Balaban J connectivity index is 1.70. The molecule has 0 radical (unpaired) electrons. The fraction of sp³-hybridized carbons (Fsp3) is 0.312. The summed E-state index contributed by atoms with van der Waals surface area (Å²) in [6.45, 7) is 1.59. The number of rotatable bonds is 3. The molecule has 1 aliphatic heterocycles. The summed E-state index contributed by atoms with van der Waals surface area (Å²) in [6.07, 6.45) is 3.28. The van der Waals surface area contributed by atoms with Gasteiger partial charge in [0, 0.05) is 18.1 Å². The SMILES string of the molecule is O=C(c1ccc(Nc2ccc(Cl)cc2Cl)nn1)N1CCCCC1. The number of likely N-dealkylation sites (tertiary alicyclic amines) is 1. The van der Waals surface area contributed by atoms with Crippen molar-refractivity contribution in [2.75, 3.05) is 18.4 Å². The number of piperidine rings is 1. The first-order chi connectivity index (χ1) is 11.1. The number of halogens is 2. The second-order valence-electron chi connectivity index (χ2n) is 5.41. The van der Waals surface area contributed by atoms with Crippen LogP contribution >= 0.6 is 23.2 Å². The second kappa shape index (κ2) is 7.15. The van der Waals surface area contributed by atoms with Crippen molar-refractivity contribution in [3.63, 3.8) is 0 Å². The van der Waals surface area contributed by atoms with Crippen LogP contribution in [0.25, 0.3) is 0 Å². The Morgan fingerprint density at radius 2 is 1.83 bits per heavy atom. The molecule has 120 valence electrons. The van der Waals surface area contributed by atoms with E-state index in [1.165, 1.54) is 6.42 Å². The molecular weight excluding hydrogens is 335 g/mol. The maximum absolute atomic E-state index is 12.3. The average Bonchev–Trinajstić information content (AvgIpc) is 2.58. The average molecular weight is 351 g/mol. The van der Waals surface area contributed by atoms with Crippen molar-refractivity contribution in [1.29, 1.82) is 0 Å². The number of amides is 1. The largest absolute Gasteiger partial charge is 0.338 e. The first kappa shape index (κ1) is 16.0. The number of hydrogen-bond donors (Lipinski definition) is 1. The lowest BCUT2D eigenvalue weighted by molar-refractivity contribution is 0.0717. The number of nitrogens with zero attached hydrogens (tertiary/aromatic N) is 3. The predicted octanol–water partition coefficient (Wildman–Crippen LogP) is 4.15. The van der Waals surface area contributed by atoms with Gasteiger partial charge >= 0.3 is 0 Å². The van der Waals surface area contributed by atoms with E-state index in [2.05, 4.69) is 15.5 Å². The minimum Gasteiger partial charge on any atom is -0.338 e. The minimum atomic E-state index is -0.0618. The standard InChI is InChI=1S/C16H16Cl2N4O/c17-11-4-5-13(12(18)10-11)19-15-7-6-14(20-21-15)16(23)22-8-2-1-3-9-22/h4-7,10H,1-3,8-9H2,(H,19,21). The highest BCUT2D eigenvalue weighted by molar-refractivity contribution is 6.36. The lowest BCUT2D eigenvalue weighted by Crippen LogP contribution is -2.36. The molecule has 1 N–H and O–H groups in total. The van der Waals surface area contributed by atoms with E-state index in [-0.39, 0.29) is 5.91 Å².